The molecular formula is C18H22N4O2. The van der Waals surface area contributed by atoms with Crippen LogP contribution in [0, 0.1) is 0 Å². The number of hydrogen-bond acceptors (Lipinski definition) is 6. The van der Waals surface area contributed by atoms with Gasteiger partial charge >= 0.3 is 0 Å². The second-order valence-corrected chi connectivity index (χ2v) is 5.40. The Balaban J connectivity index is 1.63. The fourth-order valence-electron chi connectivity index (χ4n) is 2.28. The number of nitrogens with zero attached hydrogens (tertiary/aromatic N) is 2. The van der Waals surface area contributed by atoms with Crippen molar-refractivity contribution in [3.8, 4) is 17.4 Å². The smallest absolute Gasteiger partial charge is 0.224 e. The first kappa shape index (κ1) is 16.1. The lowest BCUT2D eigenvalue weighted by Gasteiger charge is -2.12. The highest BCUT2D eigenvalue weighted by molar-refractivity contribution is 5.81. The van der Waals surface area contributed by atoms with E-state index in [1.54, 1.807) is 6.20 Å². The van der Waals surface area contributed by atoms with Crippen molar-refractivity contribution >= 4 is 5.96 Å². The third-order valence-electron chi connectivity index (χ3n) is 3.48. The maximum absolute atomic E-state index is 5.92. The van der Waals surface area contributed by atoms with Gasteiger partial charge in [0.05, 0.1) is 13.2 Å². The fourth-order valence-corrected chi connectivity index (χ4v) is 2.28. The molecule has 0 spiro atoms. The summed E-state index contributed by atoms with van der Waals surface area (Å²) in [5.74, 6) is 2.99. The van der Waals surface area contributed by atoms with E-state index in [2.05, 4.69) is 27.5 Å². The van der Waals surface area contributed by atoms with Gasteiger partial charge < -0.3 is 20.1 Å². The van der Waals surface area contributed by atoms with E-state index >= 15 is 0 Å². The summed E-state index contributed by atoms with van der Waals surface area (Å²) in [5.41, 5.74) is 0.972. The number of hydrogen-bond donors (Lipinski definition) is 2. The molecule has 24 heavy (non-hydrogen) atoms. The molecule has 6 heteroatoms. The molecule has 0 fully saturated rings. The molecule has 3 rings (SSSR count). The van der Waals surface area contributed by atoms with Crippen molar-refractivity contribution in [1.29, 1.82) is 0 Å². The lowest BCUT2D eigenvalue weighted by Crippen LogP contribution is -2.33. The Morgan fingerprint density at radius 3 is 2.75 bits per heavy atom. The summed E-state index contributed by atoms with van der Waals surface area (Å²) in [6.07, 6.45) is 2.71. The van der Waals surface area contributed by atoms with Crippen molar-refractivity contribution in [2.24, 2.45) is 4.99 Å². The van der Waals surface area contributed by atoms with Crippen LogP contribution < -0.4 is 20.1 Å². The van der Waals surface area contributed by atoms with Gasteiger partial charge in [-0.2, -0.15) is 0 Å². The summed E-state index contributed by atoms with van der Waals surface area (Å²) in [4.78, 5) is 8.66. The summed E-state index contributed by atoms with van der Waals surface area (Å²) >= 11 is 0. The molecule has 1 aliphatic heterocycles. The average Bonchev–Trinajstić information content (AvgIpc) is 3.14. The molecule has 1 aromatic carbocycles. The van der Waals surface area contributed by atoms with Gasteiger partial charge in [-0.3, -0.25) is 4.99 Å². The second-order valence-electron chi connectivity index (χ2n) is 5.40. The normalized spacial score (nSPS) is 13.1. The van der Waals surface area contributed by atoms with Gasteiger partial charge in [0, 0.05) is 24.8 Å². The third kappa shape index (κ3) is 4.38. The lowest BCUT2D eigenvalue weighted by atomic mass is 10.2. The van der Waals surface area contributed by atoms with Gasteiger partial charge in [-0.25, -0.2) is 4.98 Å². The van der Waals surface area contributed by atoms with E-state index in [9.17, 15) is 0 Å². The summed E-state index contributed by atoms with van der Waals surface area (Å²) in [7, 11) is 0. The molecule has 0 bridgehead atoms. The molecule has 0 saturated carbocycles. The van der Waals surface area contributed by atoms with Crippen LogP contribution in [0.25, 0.3) is 0 Å². The van der Waals surface area contributed by atoms with Gasteiger partial charge in [0.25, 0.3) is 0 Å². The molecule has 0 amide bonds. The maximum atomic E-state index is 5.92. The van der Waals surface area contributed by atoms with Crippen LogP contribution in [-0.4, -0.2) is 30.6 Å². The Hall–Kier alpha value is -2.76. The van der Waals surface area contributed by atoms with E-state index in [0.29, 0.717) is 19.0 Å². The Bertz CT molecular complexity index is 686. The molecule has 2 aromatic rings. The topological polar surface area (TPSA) is 67.8 Å². The molecular weight excluding hydrogens is 304 g/mol. The highest BCUT2D eigenvalue weighted by Crippen LogP contribution is 2.25. The van der Waals surface area contributed by atoms with Gasteiger partial charge in [-0.1, -0.05) is 13.0 Å². The van der Waals surface area contributed by atoms with E-state index in [1.165, 1.54) is 0 Å². The summed E-state index contributed by atoms with van der Waals surface area (Å²) in [6, 6.07) is 11.5. The maximum Gasteiger partial charge on any atom is 0.224 e. The standard InChI is InChI=1S/C18H22N4O2/c1-2-12-23-15-5-7-16(8-6-15)24-17-14(4-3-9-19-17)13-22-18-20-10-11-21-18/h3-9H,2,10-13H2,1H3,(H2,20,21,22). The van der Waals surface area contributed by atoms with Crippen molar-refractivity contribution in [1.82, 2.24) is 15.6 Å². The monoisotopic (exact) mass is 326 g/mol. The van der Waals surface area contributed by atoms with E-state index in [1.807, 2.05) is 36.4 Å². The molecule has 0 aliphatic carbocycles. The molecule has 1 aromatic heterocycles. The SMILES string of the molecule is CCCOc1ccc(Oc2ncccc2CNC2=NCCN2)cc1. The number of guanidine groups is 1. The van der Waals surface area contributed by atoms with E-state index in [4.69, 9.17) is 9.47 Å². The van der Waals surface area contributed by atoms with Crippen molar-refractivity contribution in [3.63, 3.8) is 0 Å². The minimum absolute atomic E-state index is 0.589. The largest absolute Gasteiger partial charge is 0.494 e. The molecule has 126 valence electrons. The van der Waals surface area contributed by atoms with Crippen LogP contribution in [0.3, 0.4) is 0 Å². The number of benzene rings is 1. The van der Waals surface area contributed by atoms with Crippen LogP contribution >= 0.6 is 0 Å². The zero-order valence-electron chi connectivity index (χ0n) is 13.8. The first-order valence-electron chi connectivity index (χ1n) is 8.22. The predicted molar refractivity (Wildman–Crippen MR) is 93.7 cm³/mol. The van der Waals surface area contributed by atoms with Crippen LogP contribution in [-0.2, 0) is 6.54 Å². The van der Waals surface area contributed by atoms with Crippen LogP contribution in [0.5, 0.6) is 17.4 Å². The zero-order valence-corrected chi connectivity index (χ0v) is 13.8. The Morgan fingerprint density at radius 2 is 2.00 bits per heavy atom. The van der Waals surface area contributed by atoms with Crippen molar-refractivity contribution in [3.05, 3.63) is 48.2 Å². The fraction of sp³-hybridized carbons (Fsp3) is 0.333. The first-order chi connectivity index (χ1) is 11.8. The number of nitrogens with one attached hydrogen (secondary N) is 2. The van der Waals surface area contributed by atoms with Gasteiger partial charge in [-0.05, 0) is 36.8 Å². The van der Waals surface area contributed by atoms with Crippen molar-refractivity contribution in [2.45, 2.75) is 19.9 Å². The third-order valence-corrected chi connectivity index (χ3v) is 3.48. The lowest BCUT2D eigenvalue weighted by molar-refractivity contribution is 0.317. The molecule has 0 radical (unpaired) electrons. The predicted octanol–water partition coefficient (Wildman–Crippen LogP) is 2.71. The molecule has 2 heterocycles. The van der Waals surface area contributed by atoms with Gasteiger partial charge in [-0.15, -0.1) is 0 Å². The van der Waals surface area contributed by atoms with Gasteiger partial charge in [0.15, 0.2) is 5.96 Å². The number of aliphatic imine (C=N–C) groups is 1. The molecule has 2 N–H and O–H groups in total. The van der Waals surface area contributed by atoms with Gasteiger partial charge in [0.2, 0.25) is 5.88 Å². The van der Waals surface area contributed by atoms with E-state index < -0.39 is 0 Å². The quantitative estimate of drug-likeness (QED) is 0.819. The minimum atomic E-state index is 0.589. The Kier molecular flexibility index (Phi) is 5.50. The number of ether oxygens (including phenoxy) is 2. The molecule has 0 unspecified atom stereocenters. The van der Waals surface area contributed by atoms with Crippen molar-refractivity contribution < 1.29 is 9.47 Å². The van der Waals surface area contributed by atoms with E-state index in [-0.39, 0.29) is 0 Å². The number of aromatic nitrogens is 1. The van der Waals surface area contributed by atoms with Crippen LogP contribution in [0.2, 0.25) is 0 Å². The first-order valence-corrected chi connectivity index (χ1v) is 8.22. The average molecular weight is 326 g/mol. The van der Waals surface area contributed by atoms with E-state index in [0.717, 1.165) is 42.5 Å². The number of pyridine rings is 1. The van der Waals surface area contributed by atoms with Crippen LogP contribution in [0.4, 0.5) is 0 Å². The van der Waals surface area contributed by atoms with Crippen molar-refractivity contribution in [2.75, 3.05) is 19.7 Å². The molecule has 0 atom stereocenters. The van der Waals surface area contributed by atoms with Crippen LogP contribution in [0.15, 0.2) is 47.6 Å². The van der Waals surface area contributed by atoms with Gasteiger partial charge in [0.1, 0.15) is 11.5 Å². The Morgan fingerprint density at radius 1 is 1.17 bits per heavy atom. The van der Waals surface area contributed by atoms with Crippen LogP contribution in [0.1, 0.15) is 18.9 Å². The molecule has 6 nitrogen and oxygen atoms in total. The highest BCUT2D eigenvalue weighted by Gasteiger charge is 2.09. The number of rotatable bonds is 7. The summed E-state index contributed by atoms with van der Waals surface area (Å²) < 4.78 is 11.5. The summed E-state index contributed by atoms with van der Waals surface area (Å²) in [6.45, 7) is 5.10. The zero-order chi connectivity index (χ0) is 16.6. The second kappa shape index (κ2) is 8.19. The Labute approximate surface area is 141 Å². The molecule has 0 saturated heterocycles. The molecule has 1 aliphatic rings. The minimum Gasteiger partial charge on any atom is -0.494 e. The highest BCUT2D eigenvalue weighted by atomic mass is 16.5. The summed E-state index contributed by atoms with van der Waals surface area (Å²) in [5, 5.41) is 6.44.